The highest BCUT2D eigenvalue weighted by Crippen LogP contribution is 2.23. The number of rotatable bonds is 8. The van der Waals surface area contributed by atoms with E-state index in [1.807, 2.05) is 6.07 Å². The second kappa shape index (κ2) is 9.51. The monoisotopic (exact) mass is 326 g/mol. The van der Waals surface area contributed by atoms with Gasteiger partial charge in [-0.2, -0.15) is 0 Å². The molecule has 0 saturated carbocycles. The first-order chi connectivity index (χ1) is 10.4. The minimum Gasteiger partial charge on any atom is -0.476 e. The van der Waals surface area contributed by atoms with Crippen molar-refractivity contribution >= 4 is 17.6 Å². The average Bonchev–Trinajstić information content (AvgIpc) is 2.43. The molecule has 3 N–H and O–H groups in total. The Labute approximate surface area is 138 Å². The highest BCUT2D eigenvalue weighted by atomic mass is 35.5. The van der Waals surface area contributed by atoms with Crippen molar-refractivity contribution in [2.75, 3.05) is 13.2 Å². The minimum atomic E-state index is 0.429. The Hall–Kier alpha value is -1.49. The number of aromatic nitrogens is 1. The summed E-state index contributed by atoms with van der Waals surface area (Å²) in [6, 6.07) is 1.81. The van der Waals surface area contributed by atoms with Crippen LogP contribution < -0.4 is 15.8 Å². The van der Waals surface area contributed by atoms with Gasteiger partial charge in [-0.1, -0.05) is 39.3 Å². The van der Waals surface area contributed by atoms with Gasteiger partial charge < -0.3 is 15.8 Å². The summed E-state index contributed by atoms with van der Waals surface area (Å²) in [6.07, 6.45) is 2.78. The second-order valence-corrected chi connectivity index (χ2v) is 6.55. The molecule has 0 saturated heterocycles. The van der Waals surface area contributed by atoms with Crippen molar-refractivity contribution in [2.24, 2.45) is 22.6 Å². The highest BCUT2D eigenvalue weighted by Gasteiger charge is 2.06. The molecule has 0 spiro atoms. The van der Waals surface area contributed by atoms with E-state index in [1.165, 1.54) is 0 Å². The summed E-state index contributed by atoms with van der Waals surface area (Å²) in [6.45, 7) is 10.4. The molecule has 0 amide bonds. The fraction of sp³-hybridized carbons (Fsp3) is 0.625. The van der Waals surface area contributed by atoms with Crippen LogP contribution in [0.2, 0.25) is 5.02 Å². The summed E-state index contributed by atoms with van der Waals surface area (Å²) in [5.74, 6) is 1.98. The normalized spacial score (nSPS) is 12.0. The zero-order valence-corrected chi connectivity index (χ0v) is 14.7. The number of nitrogens with zero attached hydrogens (tertiary/aromatic N) is 2. The standard InChI is InChI=1S/C16H27ClN4O/c1-11(2)5-6-19-16(18)21-9-13-7-14(17)15(20-8-13)22-10-12(3)4/h7-8,11-12H,5-6,9-10H2,1-4H3,(H3,18,19,21). The van der Waals surface area contributed by atoms with E-state index in [2.05, 4.69) is 43.0 Å². The van der Waals surface area contributed by atoms with Gasteiger partial charge in [0.2, 0.25) is 5.88 Å². The molecular weight excluding hydrogens is 300 g/mol. The summed E-state index contributed by atoms with van der Waals surface area (Å²) in [7, 11) is 0. The van der Waals surface area contributed by atoms with E-state index in [4.69, 9.17) is 22.1 Å². The number of aliphatic imine (C=N–C) groups is 1. The number of nitrogens with two attached hydrogens (primary N) is 1. The Bertz CT molecular complexity index is 489. The molecule has 1 aromatic heterocycles. The van der Waals surface area contributed by atoms with Crippen molar-refractivity contribution in [1.29, 1.82) is 0 Å². The van der Waals surface area contributed by atoms with Gasteiger partial charge in [-0.05, 0) is 29.9 Å². The fourth-order valence-electron chi connectivity index (χ4n) is 1.62. The number of ether oxygens (including phenoxy) is 1. The SMILES string of the molecule is CC(C)CCNC(N)=NCc1cnc(OCC(C)C)c(Cl)c1. The van der Waals surface area contributed by atoms with Crippen molar-refractivity contribution < 1.29 is 4.74 Å². The predicted molar refractivity (Wildman–Crippen MR) is 92.4 cm³/mol. The molecule has 0 atom stereocenters. The van der Waals surface area contributed by atoms with E-state index in [9.17, 15) is 0 Å². The van der Waals surface area contributed by atoms with Crippen molar-refractivity contribution in [3.63, 3.8) is 0 Å². The van der Waals surface area contributed by atoms with Gasteiger partial charge in [0.15, 0.2) is 5.96 Å². The van der Waals surface area contributed by atoms with Crippen LogP contribution in [0.4, 0.5) is 0 Å². The Balaban J connectivity index is 2.50. The zero-order valence-electron chi connectivity index (χ0n) is 13.9. The van der Waals surface area contributed by atoms with Crippen LogP contribution in [0, 0.1) is 11.8 Å². The van der Waals surface area contributed by atoms with Gasteiger partial charge in [-0.15, -0.1) is 0 Å². The number of guanidine groups is 1. The fourth-order valence-corrected chi connectivity index (χ4v) is 1.87. The smallest absolute Gasteiger partial charge is 0.232 e. The maximum Gasteiger partial charge on any atom is 0.232 e. The lowest BCUT2D eigenvalue weighted by atomic mass is 10.1. The third kappa shape index (κ3) is 7.50. The van der Waals surface area contributed by atoms with Gasteiger partial charge in [-0.25, -0.2) is 9.98 Å². The van der Waals surface area contributed by atoms with Crippen LogP contribution >= 0.6 is 11.6 Å². The van der Waals surface area contributed by atoms with E-state index in [0.29, 0.717) is 41.8 Å². The van der Waals surface area contributed by atoms with Gasteiger partial charge in [0.05, 0.1) is 13.2 Å². The molecule has 6 heteroatoms. The number of halogens is 1. The number of pyridine rings is 1. The van der Waals surface area contributed by atoms with Crippen LogP contribution in [0.15, 0.2) is 17.3 Å². The predicted octanol–water partition coefficient (Wildman–Crippen LogP) is 3.22. The minimum absolute atomic E-state index is 0.429. The van der Waals surface area contributed by atoms with Crippen LogP contribution in [-0.4, -0.2) is 24.1 Å². The molecule has 0 fully saturated rings. The maximum absolute atomic E-state index is 6.16. The van der Waals surface area contributed by atoms with E-state index in [0.717, 1.165) is 18.5 Å². The first-order valence-electron chi connectivity index (χ1n) is 7.69. The molecule has 0 aliphatic rings. The first-order valence-corrected chi connectivity index (χ1v) is 8.07. The van der Waals surface area contributed by atoms with E-state index < -0.39 is 0 Å². The second-order valence-electron chi connectivity index (χ2n) is 6.15. The molecule has 1 heterocycles. The molecule has 1 rings (SSSR count). The summed E-state index contributed by atoms with van der Waals surface area (Å²) >= 11 is 6.16. The van der Waals surface area contributed by atoms with Gasteiger partial charge in [0.1, 0.15) is 5.02 Å². The Morgan fingerprint density at radius 3 is 2.68 bits per heavy atom. The lowest BCUT2D eigenvalue weighted by Crippen LogP contribution is -2.32. The summed E-state index contributed by atoms with van der Waals surface area (Å²) in [5, 5.41) is 3.59. The third-order valence-electron chi connectivity index (χ3n) is 2.88. The summed E-state index contributed by atoms with van der Waals surface area (Å²) in [4.78, 5) is 8.51. The molecular formula is C16H27ClN4O. The summed E-state index contributed by atoms with van der Waals surface area (Å²) in [5.41, 5.74) is 6.72. The van der Waals surface area contributed by atoms with Gasteiger partial charge >= 0.3 is 0 Å². The van der Waals surface area contributed by atoms with Gasteiger partial charge in [0.25, 0.3) is 0 Å². The van der Waals surface area contributed by atoms with Crippen molar-refractivity contribution in [3.8, 4) is 5.88 Å². The van der Waals surface area contributed by atoms with E-state index in [1.54, 1.807) is 6.20 Å². The molecule has 124 valence electrons. The van der Waals surface area contributed by atoms with Gasteiger partial charge in [-0.3, -0.25) is 0 Å². The maximum atomic E-state index is 6.16. The van der Waals surface area contributed by atoms with Gasteiger partial charge in [0, 0.05) is 12.7 Å². The highest BCUT2D eigenvalue weighted by molar-refractivity contribution is 6.31. The third-order valence-corrected chi connectivity index (χ3v) is 3.15. The van der Waals surface area contributed by atoms with Crippen LogP contribution in [0.1, 0.15) is 39.7 Å². The molecule has 22 heavy (non-hydrogen) atoms. The first kappa shape index (κ1) is 18.6. The largest absolute Gasteiger partial charge is 0.476 e. The average molecular weight is 327 g/mol. The molecule has 1 aromatic rings. The number of hydrogen-bond acceptors (Lipinski definition) is 3. The Morgan fingerprint density at radius 1 is 1.36 bits per heavy atom. The lowest BCUT2D eigenvalue weighted by molar-refractivity contribution is 0.261. The number of hydrogen-bond donors (Lipinski definition) is 2. The quantitative estimate of drug-likeness (QED) is 0.568. The van der Waals surface area contributed by atoms with E-state index in [-0.39, 0.29) is 0 Å². The topological polar surface area (TPSA) is 72.5 Å². The zero-order chi connectivity index (χ0) is 16.5. The Kier molecular flexibility index (Phi) is 8.02. The lowest BCUT2D eigenvalue weighted by Gasteiger charge is -2.10. The van der Waals surface area contributed by atoms with Crippen molar-refractivity contribution in [2.45, 2.75) is 40.7 Å². The Morgan fingerprint density at radius 2 is 2.09 bits per heavy atom. The van der Waals surface area contributed by atoms with Crippen LogP contribution in [-0.2, 0) is 6.54 Å². The number of nitrogens with one attached hydrogen (secondary N) is 1. The van der Waals surface area contributed by atoms with Crippen molar-refractivity contribution in [1.82, 2.24) is 10.3 Å². The molecule has 0 radical (unpaired) electrons. The van der Waals surface area contributed by atoms with Crippen LogP contribution in [0.25, 0.3) is 0 Å². The molecule has 0 aliphatic heterocycles. The molecule has 5 nitrogen and oxygen atoms in total. The van der Waals surface area contributed by atoms with E-state index >= 15 is 0 Å². The van der Waals surface area contributed by atoms with Crippen LogP contribution in [0.5, 0.6) is 5.88 Å². The summed E-state index contributed by atoms with van der Waals surface area (Å²) < 4.78 is 5.54. The molecule has 0 bridgehead atoms. The molecule has 0 aliphatic carbocycles. The molecule has 0 unspecified atom stereocenters. The molecule has 0 aromatic carbocycles. The van der Waals surface area contributed by atoms with Crippen molar-refractivity contribution in [3.05, 3.63) is 22.8 Å². The van der Waals surface area contributed by atoms with Crippen LogP contribution in [0.3, 0.4) is 0 Å².